The normalized spacial score (nSPS) is 12.8. The third-order valence-electron chi connectivity index (χ3n) is 2.48. The summed E-state index contributed by atoms with van der Waals surface area (Å²) in [4.78, 5) is 35.1. The average Bonchev–Trinajstić information content (AvgIpc) is 2.47. The molecule has 0 saturated heterocycles. The molecule has 0 spiro atoms. The van der Waals surface area contributed by atoms with Crippen LogP contribution in [0, 0.1) is 0 Å². The Hall–Kier alpha value is -1.88. The highest BCUT2D eigenvalue weighted by atomic mass is 32.2. The minimum Gasteiger partial charge on any atom is -0.464 e. The number of nitrogens with one attached hydrogen (secondary N) is 1. The second-order valence-electron chi connectivity index (χ2n) is 5.81. The van der Waals surface area contributed by atoms with Crippen LogP contribution in [0.1, 0.15) is 34.1 Å². The van der Waals surface area contributed by atoms with Crippen molar-refractivity contribution in [3.63, 3.8) is 0 Å². The molecule has 0 aliphatic carbocycles. The summed E-state index contributed by atoms with van der Waals surface area (Å²) in [5, 5.41) is 2.24. The van der Waals surface area contributed by atoms with Crippen LogP contribution in [0.15, 0.2) is 0 Å². The Labute approximate surface area is 147 Å². The lowest BCUT2D eigenvalue weighted by atomic mass is 10.2. The van der Waals surface area contributed by atoms with Crippen LogP contribution in [0.25, 0.3) is 0 Å². The van der Waals surface area contributed by atoms with Crippen molar-refractivity contribution in [3.05, 3.63) is 0 Å². The molecule has 10 nitrogen and oxygen atoms in total. The first kappa shape index (κ1) is 23.1. The number of rotatable bonds is 9. The van der Waals surface area contributed by atoms with Crippen molar-refractivity contribution < 1.29 is 41.2 Å². The van der Waals surface area contributed by atoms with Crippen LogP contribution in [0.2, 0.25) is 0 Å². The topological polar surface area (TPSA) is 134 Å². The first-order chi connectivity index (χ1) is 11.4. The van der Waals surface area contributed by atoms with Crippen molar-refractivity contribution in [1.29, 1.82) is 0 Å². The molecule has 0 aromatic rings. The quantitative estimate of drug-likeness (QED) is 0.340. The molecule has 0 fully saturated rings. The van der Waals surface area contributed by atoms with Gasteiger partial charge >= 0.3 is 18.0 Å². The summed E-state index contributed by atoms with van der Waals surface area (Å²) in [7, 11) is -2.83. The molecule has 0 saturated carbocycles. The van der Waals surface area contributed by atoms with Gasteiger partial charge in [0.15, 0.2) is 6.04 Å². The predicted octanol–water partition coefficient (Wildman–Crippen LogP) is 0.352. The van der Waals surface area contributed by atoms with E-state index in [2.05, 4.69) is 9.50 Å². The lowest BCUT2D eigenvalue weighted by molar-refractivity contribution is -0.151. The smallest absolute Gasteiger partial charge is 0.408 e. The van der Waals surface area contributed by atoms with E-state index in [0.717, 1.165) is 7.11 Å². The number of hydrogen-bond acceptors (Lipinski definition) is 9. The van der Waals surface area contributed by atoms with Crippen LogP contribution in [0.5, 0.6) is 0 Å². The van der Waals surface area contributed by atoms with Crippen molar-refractivity contribution in [1.82, 2.24) is 5.32 Å². The molecule has 1 atom stereocenters. The Morgan fingerprint density at radius 1 is 1.12 bits per heavy atom. The van der Waals surface area contributed by atoms with E-state index in [-0.39, 0.29) is 6.61 Å². The molecule has 0 aromatic carbocycles. The number of amides is 1. The standard InChI is InChI=1S/C14H25NO9S/c1-6-22-12(17)10(15-13(18)24-14(2,3)4)9-23-11(16)7-8-25(19,20)21-5/h10H,6-9H2,1-5H3,(H,15,18). The summed E-state index contributed by atoms with van der Waals surface area (Å²) in [5.41, 5.74) is -0.783. The van der Waals surface area contributed by atoms with Gasteiger partial charge in [0.2, 0.25) is 0 Å². The molecule has 0 heterocycles. The van der Waals surface area contributed by atoms with Crippen LogP contribution >= 0.6 is 0 Å². The molecular formula is C14H25NO9S. The van der Waals surface area contributed by atoms with Crippen molar-refractivity contribution in [2.24, 2.45) is 0 Å². The molecule has 11 heteroatoms. The number of hydrogen-bond donors (Lipinski definition) is 1. The highest BCUT2D eigenvalue weighted by molar-refractivity contribution is 7.86. The third-order valence-corrected chi connectivity index (χ3v) is 3.70. The molecule has 0 bridgehead atoms. The van der Waals surface area contributed by atoms with Crippen LogP contribution in [-0.2, 0) is 38.1 Å². The van der Waals surface area contributed by atoms with Crippen LogP contribution in [0.3, 0.4) is 0 Å². The van der Waals surface area contributed by atoms with Gasteiger partial charge in [0, 0.05) is 0 Å². The minimum absolute atomic E-state index is 0.0609. The zero-order chi connectivity index (χ0) is 19.7. The van der Waals surface area contributed by atoms with E-state index in [1.807, 2.05) is 0 Å². The summed E-state index contributed by atoms with van der Waals surface area (Å²) >= 11 is 0. The molecule has 0 aliphatic rings. The lowest BCUT2D eigenvalue weighted by Gasteiger charge is -2.22. The van der Waals surface area contributed by atoms with E-state index in [1.165, 1.54) is 0 Å². The maximum atomic E-state index is 11.8. The van der Waals surface area contributed by atoms with E-state index in [1.54, 1.807) is 27.7 Å². The first-order valence-electron chi connectivity index (χ1n) is 7.50. The van der Waals surface area contributed by atoms with E-state index in [4.69, 9.17) is 14.2 Å². The molecule has 0 radical (unpaired) electrons. The maximum absolute atomic E-state index is 11.8. The molecule has 25 heavy (non-hydrogen) atoms. The molecular weight excluding hydrogens is 358 g/mol. The van der Waals surface area contributed by atoms with Crippen LogP contribution < -0.4 is 5.32 Å². The molecule has 1 amide bonds. The Kier molecular flexibility index (Phi) is 9.42. The first-order valence-corrected chi connectivity index (χ1v) is 9.08. The fraction of sp³-hybridized carbons (Fsp3) is 0.786. The summed E-state index contributed by atoms with van der Waals surface area (Å²) < 4.78 is 41.1. The average molecular weight is 383 g/mol. The van der Waals surface area contributed by atoms with E-state index in [9.17, 15) is 22.8 Å². The fourth-order valence-electron chi connectivity index (χ4n) is 1.40. The van der Waals surface area contributed by atoms with Gasteiger partial charge in [0.05, 0.1) is 25.9 Å². The molecule has 146 valence electrons. The van der Waals surface area contributed by atoms with Gasteiger partial charge in [0.25, 0.3) is 10.1 Å². The largest absolute Gasteiger partial charge is 0.464 e. The number of esters is 2. The van der Waals surface area contributed by atoms with Crippen LogP contribution in [0.4, 0.5) is 4.79 Å². The van der Waals surface area contributed by atoms with Crippen molar-refractivity contribution in [2.75, 3.05) is 26.1 Å². The predicted molar refractivity (Wildman–Crippen MR) is 86.2 cm³/mol. The summed E-state index contributed by atoms with van der Waals surface area (Å²) in [5.74, 6) is -2.25. The van der Waals surface area contributed by atoms with Gasteiger partial charge in [0.1, 0.15) is 12.2 Å². The number of carbonyl (C=O) groups is 3. The monoisotopic (exact) mass is 383 g/mol. The van der Waals surface area contributed by atoms with Gasteiger partial charge < -0.3 is 19.5 Å². The highest BCUT2D eigenvalue weighted by Gasteiger charge is 2.27. The molecule has 0 aliphatic heterocycles. The Balaban J connectivity index is 4.66. The Morgan fingerprint density at radius 3 is 2.20 bits per heavy atom. The molecule has 1 unspecified atom stereocenters. The molecule has 0 rings (SSSR count). The Morgan fingerprint density at radius 2 is 1.72 bits per heavy atom. The SMILES string of the molecule is CCOC(=O)C(COC(=O)CCS(=O)(=O)OC)NC(=O)OC(C)(C)C. The number of ether oxygens (including phenoxy) is 3. The molecule has 0 aromatic heterocycles. The maximum Gasteiger partial charge on any atom is 0.408 e. The summed E-state index contributed by atoms with van der Waals surface area (Å²) in [6.07, 6.45) is -1.35. The van der Waals surface area contributed by atoms with Gasteiger partial charge in [-0.2, -0.15) is 8.42 Å². The Bertz CT molecular complexity index is 565. The van der Waals surface area contributed by atoms with Gasteiger partial charge in [-0.05, 0) is 27.7 Å². The zero-order valence-corrected chi connectivity index (χ0v) is 15.8. The number of carbonyl (C=O) groups excluding carboxylic acids is 3. The molecule has 1 N–H and O–H groups in total. The minimum atomic E-state index is -3.80. The lowest BCUT2D eigenvalue weighted by Crippen LogP contribution is -2.47. The fourth-order valence-corrected chi connectivity index (χ4v) is 1.98. The van der Waals surface area contributed by atoms with Gasteiger partial charge in [-0.1, -0.05) is 0 Å². The van der Waals surface area contributed by atoms with Gasteiger partial charge in [-0.15, -0.1) is 0 Å². The van der Waals surface area contributed by atoms with Crippen molar-refractivity contribution in [2.45, 2.75) is 45.8 Å². The van der Waals surface area contributed by atoms with Crippen molar-refractivity contribution in [3.8, 4) is 0 Å². The van der Waals surface area contributed by atoms with E-state index in [0.29, 0.717) is 0 Å². The number of alkyl carbamates (subject to hydrolysis) is 1. The van der Waals surface area contributed by atoms with Gasteiger partial charge in [-0.25, -0.2) is 9.59 Å². The summed E-state index contributed by atoms with van der Waals surface area (Å²) in [6.45, 7) is 6.03. The summed E-state index contributed by atoms with van der Waals surface area (Å²) in [6, 6.07) is -1.28. The van der Waals surface area contributed by atoms with Crippen molar-refractivity contribution >= 4 is 28.1 Å². The third kappa shape index (κ3) is 11.3. The zero-order valence-electron chi connectivity index (χ0n) is 15.0. The van der Waals surface area contributed by atoms with Gasteiger partial charge in [-0.3, -0.25) is 8.98 Å². The van der Waals surface area contributed by atoms with E-state index >= 15 is 0 Å². The van der Waals surface area contributed by atoms with Crippen LogP contribution in [-0.4, -0.2) is 64.2 Å². The van der Waals surface area contributed by atoms with E-state index < -0.39 is 58.6 Å². The second kappa shape index (κ2) is 10.2. The second-order valence-corrected chi connectivity index (χ2v) is 7.67. The highest BCUT2D eigenvalue weighted by Crippen LogP contribution is 2.07.